The molecule has 2 fully saturated rings. The Morgan fingerprint density at radius 3 is 2.62 bits per heavy atom. The van der Waals surface area contributed by atoms with Gasteiger partial charge in [-0.3, -0.25) is 9.69 Å². The molecule has 2 saturated heterocycles. The van der Waals surface area contributed by atoms with Gasteiger partial charge in [0.1, 0.15) is 11.9 Å². The summed E-state index contributed by atoms with van der Waals surface area (Å²) in [5.41, 5.74) is 2.30. The lowest BCUT2D eigenvalue weighted by Gasteiger charge is -2.57. The van der Waals surface area contributed by atoms with Crippen LogP contribution in [-0.4, -0.2) is 70.3 Å². The predicted molar refractivity (Wildman–Crippen MR) is 121 cm³/mol. The number of halogens is 1. The van der Waals surface area contributed by atoms with Crippen LogP contribution in [0.1, 0.15) is 47.2 Å². The number of nitrogens with zero attached hydrogens (tertiary/aromatic N) is 2. The fourth-order valence-corrected chi connectivity index (χ4v) is 4.91. The van der Waals surface area contributed by atoms with E-state index in [0.29, 0.717) is 18.7 Å². The van der Waals surface area contributed by atoms with Crippen molar-refractivity contribution in [2.45, 2.75) is 43.9 Å². The Morgan fingerprint density at radius 1 is 1.19 bits per heavy atom. The molecule has 0 radical (unpaired) electrons. The standard InChI is InChI=1S/C26H29FN2O3/c1-18(31)7-8-19-9-11-20(12-10-19)25-23-16-28(13-2-3-14-29(23)24(25)17-30)26(32)21-5-4-6-22(27)15-21/h4-6,9-12,15,18,23-25,30-31H,2-3,13-14,16-17H2,1H3/t18-,23+,24+,25+/m0/s1. The lowest BCUT2D eigenvalue weighted by Crippen LogP contribution is -2.67. The van der Waals surface area contributed by atoms with Crippen LogP contribution in [0.5, 0.6) is 0 Å². The summed E-state index contributed by atoms with van der Waals surface area (Å²) >= 11 is 0. The number of hydrogen-bond acceptors (Lipinski definition) is 4. The number of fused-ring (bicyclic) bond motifs is 1. The molecule has 0 saturated carbocycles. The van der Waals surface area contributed by atoms with Gasteiger partial charge in [0.15, 0.2) is 0 Å². The highest BCUT2D eigenvalue weighted by molar-refractivity contribution is 5.94. The highest BCUT2D eigenvalue weighted by atomic mass is 19.1. The van der Waals surface area contributed by atoms with Crippen LogP contribution in [-0.2, 0) is 0 Å². The van der Waals surface area contributed by atoms with E-state index in [-0.39, 0.29) is 30.5 Å². The van der Waals surface area contributed by atoms with Gasteiger partial charge in [-0.15, -0.1) is 0 Å². The normalized spacial score (nSPS) is 24.2. The third kappa shape index (κ3) is 4.71. The highest BCUT2D eigenvalue weighted by Gasteiger charge is 2.49. The maximum Gasteiger partial charge on any atom is 0.254 e. The van der Waals surface area contributed by atoms with Gasteiger partial charge in [0.05, 0.1) is 6.61 Å². The second kappa shape index (κ2) is 9.83. The van der Waals surface area contributed by atoms with E-state index in [9.17, 15) is 19.4 Å². The third-order valence-electron chi connectivity index (χ3n) is 6.45. The van der Waals surface area contributed by atoms with E-state index in [1.54, 1.807) is 19.1 Å². The van der Waals surface area contributed by atoms with Gasteiger partial charge in [-0.2, -0.15) is 0 Å². The fraction of sp³-hybridized carbons (Fsp3) is 0.423. The number of carbonyl (C=O) groups is 1. The lowest BCUT2D eigenvalue weighted by molar-refractivity contribution is -0.0606. The molecule has 2 aromatic carbocycles. The monoisotopic (exact) mass is 436 g/mol. The minimum absolute atomic E-state index is 0.0126. The molecule has 6 heteroatoms. The van der Waals surface area contributed by atoms with Crippen molar-refractivity contribution in [1.29, 1.82) is 0 Å². The molecule has 2 aliphatic heterocycles. The smallest absolute Gasteiger partial charge is 0.254 e. The number of amides is 1. The molecule has 0 bridgehead atoms. The van der Waals surface area contributed by atoms with Crippen LogP contribution in [0.2, 0.25) is 0 Å². The maximum absolute atomic E-state index is 13.7. The van der Waals surface area contributed by atoms with Gasteiger partial charge in [0.2, 0.25) is 0 Å². The first kappa shape index (κ1) is 22.5. The Bertz CT molecular complexity index is 1010. The molecule has 0 aliphatic carbocycles. The van der Waals surface area contributed by atoms with E-state index in [1.165, 1.54) is 12.1 Å². The van der Waals surface area contributed by atoms with Crippen LogP contribution in [0, 0.1) is 17.7 Å². The fourth-order valence-electron chi connectivity index (χ4n) is 4.91. The zero-order chi connectivity index (χ0) is 22.7. The van der Waals surface area contributed by atoms with Crippen LogP contribution in [0.15, 0.2) is 48.5 Å². The molecular weight excluding hydrogens is 407 g/mol. The van der Waals surface area contributed by atoms with E-state index in [1.807, 2.05) is 29.2 Å². The SMILES string of the molecule is C[C@H](O)C#Cc1ccc([C@H]2[C@@H](CO)N3CCCCN(C(=O)c4cccc(F)c4)C[C@H]23)cc1. The molecule has 0 spiro atoms. The van der Waals surface area contributed by atoms with Gasteiger partial charge in [0, 0.05) is 42.2 Å². The van der Waals surface area contributed by atoms with E-state index in [4.69, 9.17) is 0 Å². The number of aliphatic hydroxyl groups excluding tert-OH is 2. The van der Waals surface area contributed by atoms with Crippen molar-refractivity contribution in [3.8, 4) is 11.8 Å². The van der Waals surface area contributed by atoms with Gasteiger partial charge < -0.3 is 15.1 Å². The number of rotatable bonds is 3. The molecule has 2 aliphatic rings. The second-order valence-electron chi connectivity index (χ2n) is 8.62. The predicted octanol–water partition coefficient (Wildman–Crippen LogP) is 2.62. The number of hydrogen-bond donors (Lipinski definition) is 2. The van der Waals surface area contributed by atoms with Crippen molar-refractivity contribution in [2.24, 2.45) is 0 Å². The zero-order valence-corrected chi connectivity index (χ0v) is 18.2. The van der Waals surface area contributed by atoms with Crippen molar-refractivity contribution in [3.63, 3.8) is 0 Å². The first-order valence-corrected chi connectivity index (χ1v) is 11.2. The largest absolute Gasteiger partial charge is 0.395 e. The second-order valence-corrected chi connectivity index (χ2v) is 8.62. The zero-order valence-electron chi connectivity index (χ0n) is 18.2. The van der Waals surface area contributed by atoms with Crippen LogP contribution in [0.4, 0.5) is 4.39 Å². The van der Waals surface area contributed by atoms with Crippen LogP contribution < -0.4 is 0 Å². The van der Waals surface area contributed by atoms with Crippen molar-refractivity contribution >= 4 is 5.91 Å². The summed E-state index contributed by atoms with van der Waals surface area (Å²) in [5, 5.41) is 19.4. The summed E-state index contributed by atoms with van der Waals surface area (Å²) in [6, 6.07) is 13.9. The molecule has 2 heterocycles. The Morgan fingerprint density at radius 2 is 1.94 bits per heavy atom. The Kier molecular flexibility index (Phi) is 6.90. The molecule has 1 amide bonds. The van der Waals surface area contributed by atoms with E-state index in [0.717, 1.165) is 30.5 Å². The Hall–Kier alpha value is -2.72. The van der Waals surface area contributed by atoms with Gasteiger partial charge in [0.25, 0.3) is 5.91 Å². The van der Waals surface area contributed by atoms with E-state index >= 15 is 0 Å². The molecule has 0 aromatic heterocycles. The quantitative estimate of drug-likeness (QED) is 0.727. The summed E-state index contributed by atoms with van der Waals surface area (Å²) in [4.78, 5) is 17.2. The highest BCUT2D eigenvalue weighted by Crippen LogP contribution is 2.42. The summed E-state index contributed by atoms with van der Waals surface area (Å²) in [7, 11) is 0. The van der Waals surface area contributed by atoms with Crippen LogP contribution >= 0.6 is 0 Å². The molecule has 4 atom stereocenters. The minimum Gasteiger partial charge on any atom is -0.395 e. The third-order valence-corrected chi connectivity index (χ3v) is 6.45. The molecule has 32 heavy (non-hydrogen) atoms. The topological polar surface area (TPSA) is 64.0 Å². The van der Waals surface area contributed by atoms with Gasteiger partial charge >= 0.3 is 0 Å². The van der Waals surface area contributed by atoms with Crippen molar-refractivity contribution in [2.75, 3.05) is 26.2 Å². The molecular formula is C26H29FN2O3. The first-order chi connectivity index (χ1) is 15.5. The van der Waals surface area contributed by atoms with Gasteiger partial charge in [-0.05, 0) is 62.2 Å². The average molecular weight is 437 g/mol. The molecule has 0 unspecified atom stereocenters. The Labute approximate surface area is 188 Å². The van der Waals surface area contributed by atoms with E-state index in [2.05, 4.69) is 16.7 Å². The molecule has 2 N–H and O–H groups in total. The molecule has 168 valence electrons. The lowest BCUT2D eigenvalue weighted by atomic mass is 9.74. The van der Waals surface area contributed by atoms with Gasteiger partial charge in [-0.25, -0.2) is 4.39 Å². The molecule has 4 rings (SSSR count). The number of carbonyl (C=O) groups excluding carboxylic acids is 1. The average Bonchev–Trinajstić information content (AvgIpc) is 2.77. The van der Waals surface area contributed by atoms with Crippen molar-refractivity contribution in [3.05, 3.63) is 71.0 Å². The maximum atomic E-state index is 13.7. The van der Waals surface area contributed by atoms with Crippen molar-refractivity contribution < 1.29 is 19.4 Å². The van der Waals surface area contributed by atoms with Crippen molar-refractivity contribution in [1.82, 2.24) is 9.80 Å². The van der Waals surface area contributed by atoms with Crippen LogP contribution in [0.25, 0.3) is 0 Å². The van der Waals surface area contributed by atoms with E-state index < -0.39 is 11.9 Å². The summed E-state index contributed by atoms with van der Waals surface area (Å²) in [5.74, 6) is 5.22. The molecule has 2 aromatic rings. The minimum atomic E-state index is -0.676. The summed E-state index contributed by atoms with van der Waals surface area (Å²) in [6.07, 6.45) is 1.15. The summed E-state index contributed by atoms with van der Waals surface area (Å²) < 4.78 is 13.7. The van der Waals surface area contributed by atoms with Gasteiger partial charge in [-0.1, -0.05) is 30.0 Å². The molecule has 5 nitrogen and oxygen atoms in total. The number of benzene rings is 2. The Balaban J connectivity index is 1.56. The number of aliphatic hydroxyl groups is 2. The van der Waals surface area contributed by atoms with Crippen LogP contribution in [0.3, 0.4) is 0 Å². The summed E-state index contributed by atoms with van der Waals surface area (Å²) in [6.45, 7) is 3.76. The first-order valence-electron chi connectivity index (χ1n) is 11.2.